The number of benzene rings is 1. The predicted octanol–water partition coefficient (Wildman–Crippen LogP) is 5.37. The molecule has 0 bridgehead atoms. The van der Waals surface area contributed by atoms with Crippen LogP contribution in [0, 0.1) is 18.3 Å². The van der Waals surface area contributed by atoms with Gasteiger partial charge in [-0.3, -0.25) is 14.5 Å². The van der Waals surface area contributed by atoms with Crippen molar-refractivity contribution in [1.29, 1.82) is 0 Å². The lowest BCUT2D eigenvalue weighted by atomic mass is 9.85. The molecular formula is C36H54N6O3S. The number of hydrogen-bond acceptors (Lipinski definition) is 8. The van der Waals surface area contributed by atoms with Crippen LogP contribution in [0.15, 0.2) is 41.7 Å². The molecule has 3 unspecified atom stereocenters. The lowest BCUT2D eigenvalue weighted by Crippen LogP contribution is -2.56. The highest BCUT2D eigenvalue weighted by atomic mass is 32.1. The minimum atomic E-state index is -0.496. The minimum Gasteiger partial charge on any atom is -0.401 e. The van der Waals surface area contributed by atoms with Gasteiger partial charge in [0.05, 0.1) is 35.3 Å². The van der Waals surface area contributed by atoms with Gasteiger partial charge >= 0.3 is 0 Å². The van der Waals surface area contributed by atoms with Crippen molar-refractivity contribution in [1.82, 2.24) is 25.4 Å². The zero-order chi connectivity index (χ0) is 32.7. The number of nitrogens with zero attached hydrogens (tertiary/aromatic N) is 3. The van der Waals surface area contributed by atoms with Crippen LogP contribution in [0.25, 0.3) is 10.4 Å². The quantitative estimate of drug-likeness (QED) is 0.300. The van der Waals surface area contributed by atoms with Gasteiger partial charge in [0, 0.05) is 38.1 Å². The topological polar surface area (TPSA) is 113 Å². The van der Waals surface area contributed by atoms with E-state index in [9.17, 15) is 9.59 Å². The SMILES string of the molecule is Cc1ncsc1-c1ccc(C(CCN2CCOCC2)NC(=O)C2CCCN2C(=O)C(N/C=C(\N)C2CCCCC2)C(C)(C)C)cc1. The summed E-state index contributed by atoms with van der Waals surface area (Å²) in [6.45, 7) is 12.9. The van der Waals surface area contributed by atoms with E-state index in [1.54, 1.807) is 16.2 Å². The smallest absolute Gasteiger partial charge is 0.246 e. The number of morpholine rings is 1. The van der Waals surface area contributed by atoms with Crippen molar-refractivity contribution in [3.63, 3.8) is 0 Å². The molecule has 252 valence electrons. The number of aryl methyl sites for hydroxylation is 1. The molecule has 9 nitrogen and oxygen atoms in total. The number of allylic oxidation sites excluding steroid dienone is 1. The number of amides is 2. The second-order valence-electron chi connectivity index (χ2n) is 14.3. The van der Waals surface area contributed by atoms with Gasteiger partial charge in [0.1, 0.15) is 12.1 Å². The Morgan fingerprint density at radius 1 is 1.07 bits per heavy atom. The van der Waals surface area contributed by atoms with Gasteiger partial charge in [0.2, 0.25) is 11.8 Å². The Labute approximate surface area is 279 Å². The van der Waals surface area contributed by atoms with Crippen LogP contribution in [0.5, 0.6) is 0 Å². The largest absolute Gasteiger partial charge is 0.401 e. The number of hydrogen-bond donors (Lipinski definition) is 3. The molecule has 3 atom stereocenters. The third-order valence-corrected chi connectivity index (χ3v) is 10.9. The first-order chi connectivity index (χ1) is 22.1. The summed E-state index contributed by atoms with van der Waals surface area (Å²) in [5, 5.41) is 6.79. The maximum Gasteiger partial charge on any atom is 0.246 e. The number of likely N-dealkylation sites (tertiary alicyclic amines) is 1. The number of carbonyl (C=O) groups excluding carboxylic acids is 2. The number of carbonyl (C=O) groups is 2. The van der Waals surface area contributed by atoms with Gasteiger partial charge in [-0.1, -0.05) is 64.3 Å². The van der Waals surface area contributed by atoms with E-state index < -0.39 is 12.1 Å². The van der Waals surface area contributed by atoms with Crippen LogP contribution < -0.4 is 16.4 Å². The molecule has 1 aromatic carbocycles. The van der Waals surface area contributed by atoms with Crippen molar-refractivity contribution < 1.29 is 14.3 Å². The normalized spacial score (nSPS) is 21.6. The monoisotopic (exact) mass is 650 g/mol. The van der Waals surface area contributed by atoms with Crippen molar-refractivity contribution in [2.24, 2.45) is 17.1 Å². The number of thiazole rings is 1. The van der Waals surface area contributed by atoms with E-state index in [0.29, 0.717) is 18.9 Å². The molecule has 3 heterocycles. The highest BCUT2D eigenvalue weighted by Gasteiger charge is 2.41. The van der Waals surface area contributed by atoms with E-state index in [-0.39, 0.29) is 23.3 Å². The van der Waals surface area contributed by atoms with Gasteiger partial charge in [0.25, 0.3) is 0 Å². The Kier molecular flexibility index (Phi) is 11.8. The molecule has 1 aromatic heterocycles. The maximum atomic E-state index is 14.2. The standard InChI is InChI=1S/C36H54N6O3S/c1-25-32(46-24-39-25)28-14-12-27(13-15-28)30(16-18-41-19-21-45-22-20-41)40-34(43)31-11-8-17-42(31)35(44)33(36(2,3)4)38-23-29(37)26-9-6-5-7-10-26/h12-15,23-24,26,30-31,33,38H,5-11,16-22,37H2,1-4H3,(H,40,43)/b29-23-. The fraction of sp³-hybridized carbons (Fsp3) is 0.639. The Morgan fingerprint density at radius 3 is 2.43 bits per heavy atom. The van der Waals surface area contributed by atoms with E-state index in [4.69, 9.17) is 10.5 Å². The molecule has 2 aromatic rings. The van der Waals surface area contributed by atoms with Crippen molar-refractivity contribution in [3.05, 3.63) is 52.9 Å². The highest BCUT2D eigenvalue weighted by molar-refractivity contribution is 7.13. The first-order valence-electron chi connectivity index (χ1n) is 17.2. The lowest BCUT2D eigenvalue weighted by Gasteiger charge is -2.36. The lowest BCUT2D eigenvalue weighted by molar-refractivity contribution is -0.142. The Morgan fingerprint density at radius 2 is 1.78 bits per heavy atom. The summed E-state index contributed by atoms with van der Waals surface area (Å²) < 4.78 is 5.55. The summed E-state index contributed by atoms with van der Waals surface area (Å²) in [6.07, 6.45) is 10.0. The summed E-state index contributed by atoms with van der Waals surface area (Å²) in [5.74, 6) is 0.258. The third-order valence-electron chi connectivity index (χ3n) is 9.92. The zero-order valence-corrected chi connectivity index (χ0v) is 29.0. The predicted molar refractivity (Wildman–Crippen MR) is 185 cm³/mol. The molecule has 1 aliphatic carbocycles. The van der Waals surface area contributed by atoms with E-state index in [2.05, 4.69) is 65.6 Å². The molecule has 2 aliphatic heterocycles. The molecule has 5 rings (SSSR count). The zero-order valence-electron chi connectivity index (χ0n) is 28.2. The maximum absolute atomic E-state index is 14.2. The van der Waals surface area contributed by atoms with E-state index in [0.717, 1.165) is 85.9 Å². The molecule has 1 saturated carbocycles. The van der Waals surface area contributed by atoms with Crippen molar-refractivity contribution in [3.8, 4) is 10.4 Å². The number of nitrogens with two attached hydrogens (primary N) is 1. The number of ether oxygens (including phenoxy) is 1. The first-order valence-corrected chi connectivity index (χ1v) is 18.1. The number of nitrogens with one attached hydrogen (secondary N) is 2. The minimum absolute atomic E-state index is 0.0352. The molecule has 46 heavy (non-hydrogen) atoms. The first kappa shape index (κ1) is 34.4. The van der Waals surface area contributed by atoms with E-state index in [1.165, 1.54) is 19.3 Å². The van der Waals surface area contributed by atoms with Crippen LogP contribution in [-0.4, -0.2) is 78.1 Å². The Hall–Kier alpha value is -2.95. The van der Waals surface area contributed by atoms with Crippen LogP contribution >= 0.6 is 11.3 Å². The van der Waals surface area contributed by atoms with Crippen LogP contribution in [0.1, 0.15) is 89.4 Å². The summed E-state index contributed by atoms with van der Waals surface area (Å²) in [7, 11) is 0. The fourth-order valence-electron chi connectivity index (χ4n) is 7.07. The highest BCUT2D eigenvalue weighted by Crippen LogP contribution is 2.31. The molecule has 3 aliphatic rings. The summed E-state index contributed by atoms with van der Waals surface area (Å²) in [4.78, 5) is 38.0. The van der Waals surface area contributed by atoms with Crippen LogP contribution in [0.2, 0.25) is 0 Å². The van der Waals surface area contributed by atoms with Crippen molar-refractivity contribution >= 4 is 23.2 Å². The molecule has 10 heteroatoms. The van der Waals surface area contributed by atoms with Gasteiger partial charge in [-0.05, 0) is 61.5 Å². The van der Waals surface area contributed by atoms with E-state index in [1.807, 2.05) is 18.6 Å². The van der Waals surface area contributed by atoms with Crippen molar-refractivity contribution in [2.45, 2.75) is 97.2 Å². The van der Waals surface area contributed by atoms with Crippen molar-refractivity contribution in [2.75, 3.05) is 39.4 Å². The molecule has 3 fully saturated rings. The Balaban J connectivity index is 1.30. The van der Waals surface area contributed by atoms with Gasteiger partial charge in [-0.2, -0.15) is 0 Å². The Bertz CT molecular complexity index is 1320. The van der Waals surface area contributed by atoms with Crippen LogP contribution in [-0.2, 0) is 14.3 Å². The summed E-state index contributed by atoms with van der Waals surface area (Å²) in [6, 6.07) is 7.35. The van der Waals surface area contributed by atoms with Gasteiger partial charge in [-0.15, -0.1) is 11.3 Å². The third kappa shape index (κ3) is 8.69. The van der Waals surface area contributed by atoms with Crippen LogP contribution in [0.4, 0.5) is 0 Å². The van der Waals surface area contributed by atoms with Gasteiger partial charge in [0.15, 0.2) is 0 Å². The second-order valence-corrected chi connectivity index (χ2v) is 15.2. The molecule has 0 spiro atoms. The van der Waals surface area contributed by atoms with Crippen LogP contribution in [0.3, 0.4) is 0 Å². The number of rotatable bonds is 11. The average molecular weight is 651 g/mol. The summed E-state index contributed by atoms with van der Waals surface area (Å²) >= 11 is 1.64. The van der Waals surface area contributed by atoms with E-state index >= 15 is 0 Å². The van der Waals surface area contributed by atoms with Gasteiger partial charge < -0.3 is 26.0 Å². The van der Waals surface area contributed by atoms with Gasteiger partial charge in [-0.25, -0.2) is 4.98 Å². The molecule has 2 amide bonds. The molecule has 0 radical (unpaired) electrons. The molecular weight excluding hydrogens is 597 g/mol. The number of aromatic nitrogens is 1. The molecule has 2 saturated heterocycles. The fourth-order valence-corrected chi connectivity index (χ4v) is 7.88. The molecule has 4 N–H and O–H groups in total. The average Bonchev–Trinajstić information content (AvgIpc) is 3.73. The summed E-state index contributed by atoms with van der Waals surface area (Å²) in [5.41, 5.74) is 12.1. The second kappa shape index (κ2) is 15.8.